The van der Waals surface area contributed by atoms with Crippen molar-refractivity contribution in [1.82, 2.24) is 15.3 Å². The number of amides is 1. The van der Waals surface area contributed by atoms with E-state index in [4.69, 9.17) is 5.73 Å². The molecule has 0 aromatic carbocycles. The second-order valence-corrected chi connectivity index (χ2v) is 3.47. The van der Waals surface area contributed by atoms with E-state index in [2.05, 4.69) is 15.3 Å². The van der Waals surface area contributed by atoms with Gasteiger partial charge in [0, 0.05) is 25.1 Å². The molecule has 2 rings (SSSR count). The Labute approximate surface area is 98.7 Å². The highest BCUT2D eigenvalue weighted by atomic mass is 16.1. The van der Waals surface area contributed by atoms with Crippen molar-refractivity contribution in [2.24, 2.45) is 0 Å². The van der Waals surface area contributed by atoms with Gasteiger partial charge in [-0.05, 0) is 29.8 Å². The lowest BCUT2D eigenvalue weighted by atomic mass is 10.2. The van der Waals surface area contributed by atoms with Crippen LogP contribution in [0.4, 0.5) is 5.82 Å². The average molecular weight is 228 g/mol. The molecule has 5 nitrogen and oxygen atoms in total. The SMILES string of the molecule is Nc1ncccc1C(=O)NCc1ccncc1. The van der Waals surface area contributed by atoms with Crippen LogP contribution in [0.1, 0.15) is 15.9 Å². The molecular weight excluding hydrogens is 216 g/mol. The lowest BCUT2D eigenvalue weighted by Crippen LogP contribution is -2.24. The van der Waals surface area contributed by atoms with Gasteiger partial charge in [-0.15, -0.1) is 0 Å². The summed E-state index contributed by atoms with van der Waals surface area (Å²) in [6, 6.07) is 7.00. The van der Waals surface area contributed by atoms with E-state index < -0.39 is 0 Å². The summed E-state index contributed by atoms with van der Waals surface area (Å²) in [7, 11) is 0. The number of carbonyl (C=O) groups is 1. The minimum Gasteiger partial charge on any atom is -0.383 e. The summed E-state index contributed by atoms with van der Waals surface area (Å²) in [6.07, 6.45) is 4.91. The normalized spacial score (nSPS) is 9.88. The zero-order chi connectivity index (χ0) is 12.1. The number of pyridine rings is 2. The molecule has 0 unspecified atom stereocenters. The summed E-state index contributed by atoms with van der Waals surface area (Å²) in [6.45, 7) is 0.440. The van der Waals surface area contributed by atoms with Gasteiger partial charge in [0.2, 0.25) is 0 Å². The average Bonchev–Trinajstić information content (AvgIpc) is 2.38. The molecule has 0 aliphatic carbocycles. The van der Waals surface area contributed by atoms with Gasteiger partial charge in [0.25, 0.3) is 5.91 Å². The monoisotopic (exact) mass is 228 g/mol. The first-order chi connectivity index (χ1) is 8.27. The van der Waals surface area contributed by atoms with Crippen LogP contribution in [0, 0.1) is 0 Å². The molecule has 0 saturated heterocycles. The maximum atomic E-state index is 11.8. The molecule has 1 amide bonds. The molecule has 0 spiro atoms. The summed E-state index contributed by atoms with van der Waals surface area (Å²) in [5.74, 6) is 0.00661. The molecule has 17 heavy (non-hydrogen) atoms. The third kappa shape index (κ3) is 2.78. The summed E-state index contributed by atoms with van der Waals surface area (Å²) in [5, 5.41) is 2.77. The minimum absolute atomic E-state index is 0.229. The highest BCUT2D eigenvalue weighted by molar-refractivity contribution is 5.98. The van der Waals surface area contributed by atoms with Gasteiger partial charge >= 0.3 is 0 Å². The van der Waals surface area contributed by atoms with Crippen LogP contribution in [-0.4, -0.2) is 15.9 Å². The van der Waals surface area contributed by atoms with Crippen molar-refractivity contribution in [1.29, 1.82) is 0 Å². The molecule has 2 heterocycles. The zero-order valence-corrected chi connectivity index (χ0v) is 9.13. The Balaban J connectivity index is 2.01. The molecular formula is C12H12N4O. The molecule has 2 aromatic rings. The largest absolute Gasteiger partial charge is 0.383 e. The third-order valence-corrected chi connectivity index (χ3v) is 2.29. The Bertz CT molecular complexity index is 513. The van der Waals surface area contributed by atoms with Crippen LogP contribution in [0.3, 0.4) is 0 Å². The number of nitrogen functional groups attached to an aromatic ring is 1. The van der Waals surface area contributed by atoms with Gasteiger partial charge in [-0.25, -0.2) is 4.98 Å². The Morgan fingerprint density at radius 1 is 1.24 bits per heavy atom. The van der Waals surface area contributed by atoms with Crippen molar-refractivity contribution in [3.63, 3.8) is 0 Å². The van der Waals surface area contributed by atoms with Gasteiger partial charge in [-0.3, -0.25) is 9.78 Å². The molecule has 0 radical (unpaired) electrons. The number of nitrogens with zero attached hydrogens (tertiary/aromatic N) is 2. The van der Waals surface area contributed by atoms with E-state index in [0.29, 0.717) is 12.1 Å². The van der Waals surface area contributed by atoms with Gasteiger partial charge in [0.15, 0.2) is 0 Å². The van der Waals surface area contributed by atoms with E-state index in [1.165, 1.54) is 0 Å². The van der Waals surface area contributed by atoms with Gasteiger partial charge in [-0.1, -0.05) is 0 Å². The first kappa shape index (κ1) is 11.1. The molecule has 0 bridgehead atoms. The maximum Gasteiger partial charge on any atom is 0.255 e. The minimum atomic E-state index is -0.229. The fourth-order valence-corrected chi connectivity index (χ4v) is 1.39. The van der Waals surface area contributed by atoms with Crippen LogP contribution in [0.25, 0.3) is 0 Å². The predicted molar refractivity (Wildman–Crippen MR) is 64.1 cm³/mol. The predicted octanol–water partition coefficient (Wildman–Crippen LogP) is 0.989. The van der Waals surface area contributed by atoms with E-state index in [1.807, 2.05) is 12.1 Å². The summed E-state index contributed by atoms with van der Waals surface area (Å²) < 4.78 is 0. The van der Waals surface area contributed by atoms with Crippen molar-refractivity contribution < 1.29 is 4.79 Å². The van der Waals surface area contributed by atoms with Crippen LogP contribution in [0.15, 0.2) is 42.9 Å². The topological polar surface area (TPSA) is 80.9 Å². The van der Waals surface area contributed by atoms with Crippen molar-refractivity contribution in [2.75, 3.05) is 5.73 Å². The Hall–Kier alpha value is -2.43. The summed E-state index contributed by atoms with van der Waals surface area (Å²) in [4.78, 5) is 19.6. The first-order valence-electron chi connectivity index (χ1n) is 5.15. The van der Waals surface area contributed by atoms with Gasteiger partial charge in [0.1, 0.15) is 5.82 Å². The van der Waals surface area contributed by atoms with Crippen molar-refractivity contribution in [3.05, 3.63) is 54.0 Å². The number of nitrogens with one attached hydrogen (secondary N) is 1. The Morgan fingerprint density at radius 2 is 2.00 bits per heavy atom. The molecule has 2 aromatic heterocycles. The fourth-order valence-electron chi connectivity index (χ4n) is 1.39. The fraction of sp³-hybridized carbons (Fsp3) is 0.0833. The van der Waals surface area contributed by atoms with Crippen LogP contribution >= 0.6 is 0 Å². The Kier molecular flexibility index (Phi) is 3.30. The van der Waals surface area contributed by atoms with Crippen LogP contribution in [0.5, 0.6) is 0 Å². The number of nitrogens with two attached hydrogens (primary N) is 1. The lowest BCUT2D eigenvalue weighted by molar-refractivity contribution is 0.0951. The molecule has 86 valence electrons. The molecule has 5 heteroatoms. The van der Waals surface area contributed by atoms with Gasteiger partial charge < -0.3 is 11.1 Å². The second kappa shape index (κ2) is 5.07. The number of carbonyl (C=O) groups excluding carboxylic acids is 1. The van der Waals surface area contributed by atoms with Gasteiger partial charge in [-0.2, -0.15) is 0 Å². The highest BCUT2D eigenvalue weighted by Crippen LogP contribution is 2.06. The molecule has 0 aliphatic heterocycles. The zero-order valence-electron chi connectivity index (χ0n) is 9.13. The maximum absolute atomic E-state index is 11.8. The second-order valence-electron chi connectivity index (χ2n) is 3.47. The third-order valence-electron chi connectivity index (χ3n) is 2.29. The summed E-state index contributed by atoms with van der Waals surface area (Å²) >= 11 is 0. The van der Waals surface area contributed by atoms with E-state index >= 15 is 0 Å². The van der Waals surface area contributed by atoms with Crippen molar-refractivity contribution in [3.8, 4) is 0 Å². The smallest absolute Gasteiger partial charge is 0.255 e. The molecule has 0 saturated carbocycles. The summed E-state index contributed by atoms with van der Waals surface area (Å²) in [5.41, 5.74) is 6.98. The standard InChI is InChI=1S/C12H12N4O/c13-11-10(2-1-5-15-11)12(17)16-8-9-3-6-14-7-4-9/h1-7H,8H2,(H2,13,15)(H,16,17). The van der Waals surface area contributed by atoms with Gasteiger partial charge in [0.05, 0.1) is 5.56 Å². The Morgan fingerprint density at radius 3 is 2.71 bits per heavy atom. The molecule has 0 atom stereocenters. The van der Waals surface area contributed by atoms with E-state index in [1.54, 1.807) is 30.7 Å². The quantitative estimate of drug-likeness (QED) is 0.820. The van der Waals surface area contributed by atoms with Crippen molar-refractivity contribution in [2.45, 2.75) is 6.54 Å². The van der Waals surface area contributed by atoms with E-state index in [9.17, 15) is 4.79 Å². The number of aromatic nitrogens is 2. The number of anilines is 1. The van der Waals surface area contributed by atoms with E-state index in [-0.39, 0.29) is 11.7 Å². The first-order valence-corrected chi connectivity index (χ1v) is 5.15. The number of rotatable bonds is 3. The number of hydrogen-bond acceptors (Lipinski definition) is 4. The van der Waals surface area contributed by atoms with E-state index in [0.717, 1.165) is 5.56 Å². The number of hydrogen-bond donors (Lipinski definition) is 2. The highest BCUT2D eigenvalue weighted by Gasteiger charge is 2.08. The van der Waals surface area contributed by atoms with Crippen LogP contribution in [0.2, 0.25) is 0 Å². The molecule has 0 fully saturated rings. The molecule has 0 aliphatic rings. The van der Waals surface area contributed by atoms with Crippen LogP contribution < -0.4 is 11.1 Å². The van der Waals surface area contributed by atoms with Crippen molar-refractivity contribution >= 4 is 11.7 Å². The lowest BCUT2D eigenvalue weighted by Gasteiger charge is -2.06. The van der Waals surface area contributed by atoms with Crippen LogP contribution in [-0.2, 0) is 6.54 Å². The molecule has 3 N–H and O–H groups in total.